The summed E-state index contributed by atoms with van der Waals surface area (Å²) >= 11 is 0. The predicted molar refractivity (Wildman–Crippen MR) is 118 cm³/mol. The van der Waals surface area contributed by atoms with E-state index in [9.17, 15) is 0 Å². The molecule has 1 aliphatic rings. The van der Waals surface area contributed by atoms with E-state index in [4.69, 9.17) is 34.0 Å². The minimum absolute atomic E-state index is 0.791. The number of para-hydroxylation sites is 2. The molecule has 0 unspecified atom stereocenters. The second-order valence-electron chi connectivity index (χ2n) is 7.13. The lowest BCUT2D eigenvalue weighted by atomic mass is 10.1. The molecule has 1 fully saturated rings. The van der Waals surface area contributed by atoms with Crippen LogP contribution in [0, 0.1) is 0 Å². The lowest BCUT2D eigenvalue weighted by Gasteiger charge is -2.35. The fourth-order valence-corrected chi connectivity index (χ4v) is 3.50. The highest BCUT2D eigenvalue weighted by atomic mass is 16.5. The molecule has 1 aliphatic heterocycles. The van der Waals surface area contributed by atoms with Crippen LogP contribution in [-0.4, -0.2) is 79.5 Å². The molecule has 0 atom stereocenters. The van der Waals surface area contributed by atoms with Crippen molar-refractivity contribution in [2.45, 2.75) is 13.1 Å². The third kappa shape index (κ3) is 7.14. The molecule has 9 heteroatoms. The number of hydrogen-bond donors (Lipinski definition) is 2. The number of piperazine rings is 1. The summed E-state index contributed by atoms with van der Waals surface area (Å²) in [5.41, 5.74) is 2.42. The van der Waals surface area contributed by atoms with Gasteiger partial charge in [-0.15, -0.1) is 0 Å². The molecule has 2 aromatic rings. The molecule has 2 N–H and O–H groups in total. The summed E-state index contributed by atoms with van der Waals surface area (Å²) < 4.78 is 16.4. The van der Waals surface area contributed by atoms with Gasteiger partial charge in [-0.05, 0) is 12.1 Å². The summed E-state index contributed by atoms with van der Waals surface area (Å²) in [6, 6.07) is 14.3. The molecule has 0 aliphatic carbocycles. The monoisotopic (exact) mass is 446 g/mol. The lowest BCUT2D eigenvalue weighted by Crippen LogP contribution is -2.45. The molecule has 2 aromatic carbocycles. The predicted octanol–water partition coefficient (Wildman–Crippen LogP) is 2.19. The summed E-state index contributed by atoms with van der Waals surface area (Å²) in [5, 5.41) is 14.8. The maximum atomic E-state index is 9.10. The Kier molecular flexibility index (Phi) is 9.77. The SMILES string of the molecule is COc1ccccc1CN1CCN(Cc2cccc(OC)c2OC)CC1.O=C(O)C(=O)O. The standard InChI is InChI=1S/C21H28N2O3.C2H2O4/c1-24-19-9-5-4-7-17(19)15-22-11-13-23(14-12-22)16-18-8-6-10-20(25-2)21(18)26-3;3-1(4)2(5)6/h4-10H,11-16H2,1-3H3;(H,3,4)(H,5,6). The summed E-state index contributed by atoms with van der Waals surface area (Å²) in [7, 11) is 5.11. The molecule has 9 nitrogen and oxygen atoms in total. The van der Waals surface area contributed by atoms with Gasteiger partial charge in [-0.3, -0.25) is 9.80 Å². The highest BCUT2D eigenvalue weighted by Gasteiger charge is 2.20. The van der Waals surface area contributed by atoms with Gasteiger partial charge in [0.25, 0.3) is 0 Å². The van der Waals surface area contributed by atoms with Crippen molar-refractivity contribution in [3.63, 3.8) is 0 Å². The van der Waals surface area contributed by atoms with Crippen molar-refractivity contribution in [1.29, 1.82) is 0 Å². The smallest absolute Gasteiger partial charge is 0.414 e. The number of benzene rings is 2. The van der Waals surface area contributed by atoms with Crippen molar-refractivity contribution in [2.24, 2.45) is 0 Å². The molecule has 0 spiro atoms. The van der Waals surface area contributed by atoms with Gasteiger partial charge in [0.05, 0.1) is 21.3 Å². The lowest BCUT2D eigenvalue weighted by molar-refractivity contribution is -0.159. The molecule has 32 heavy (non-hydrogen) atoms. The van der Waals surface area contributed by atoms with Gasteiger partial charge in [0.1, 0.15) is 5.75 Å². The van der Waals surface area contributed by atoms with Crippen LogP contribution in [0.4, 0.5) is 0 Å². The van der Waals surface area contributed by atoms with E-state index in [0.29, 0.717) is 0 Å². The van der Waals surface area contributed by atoms with Crippen molar-refractivity contribution in [3.8, 4) is 17.2 Å². The van der Waals surface area contributed by atoms with Crippen LogP contribution < -0.4 is 14.2 Å². The van der Waals surface area contributed by atoms with Crippen LogP contribution >= 0.6 is 0 Å². The van der Waals surface area contributed by atoms with Gasteiger partial charge in [-0.2, -0.15) is 0 Å². The zero-order valence-corrected chi connectivity index (χ0v) is 18.6. The van der Waals surface area contributed by atoms with Gasteiger partial charge in [-0.1, -0.05) is 30.3 Å². The Morgan fingerprint density at radius 2 is 1.19 bits per heavy atom. The number of carboxylic acids is 2. The molecule has 1 saturated heterocycles. The fourth-order valence-electron chi connectivity index (χ4n) is 3.50. The van der Waals surface area contributed by atoms with Crippen molar-refractivity contribution in [3.05, 3.63) is 53.6 Å². The molecule has 0 saturated carbocycles. The minimum Gasteiger partial charge on any atom is -0.496 e. The maximum absolute atomic E-state index is 9.10. The molecule has 0 amide bonds. The average Bonchev–Trinajstić information content (AvgIpc) is 2.80. The first kappa shape index (κ1) is 25.0. The van der Waals surface area contributed by atoms with Gasteiger partial charge < -0.3 is 24.4 Å². The van der Waals surface area contributed by atoms with E-state index >= 15 is 0 Å². The van der Waals surface area contributed by atoms with Crippen LogP contribution in [0.3, 0.4) is 0 Å². The molecular weight excluding hydrogens is 416 g/mol. The average molecular weight is 447 g/mol. The number of nitrogens with zero attached hydrogens (tertiary/aromatic N) is 2. The third-order valence-corrected chi connectivity index (χ3v) is 5.11. The van der Waals surface area contributed by atoms with Crippen molar-refractivity contribution >= 4 is 11.9 Å². The van der Waals surface area contributed by atoms with Crippen molar-refractivity contribution < 1.29 is 34.0 Å². The second kappa shape index (κ2) is 12.5. The summed E-state index contributed by atoms with van der Waals surface area (Å²) in [6.45, 7) is 5.98. The first-order valence-corrected chi connectivity index (χ1v) is 10.1. The van der Waals surface area contributed by atoms with Crippen molar-refractivity contribution in [1.82, 2.24) is 9.80 Å². The molecule has 174 valence electrons. The van der Waals surface area contributed by atoms with E-state index in [2.05, 4.69) is 28.0 Å². The Balaban J connectivity index is 0.000000534. The Morgan fingerprint density at radius 1 is 0.719 bits per heavy atom. The van der Waals surface area contributed by atoms with Gasteiger partial charge in [0.2, 0.25) is 0 Å². The largest absolute Gasteiger partial charge is 0.496 e. The van der Waals surface area contributed by atoms with Gasteiger partial charge >= 0.3 is 11.9 Å². The zero-order chi connectivity index (χ0) is 23.5. The van der Waals surface area contributed by atoms with Crippen molar-refractivity contribution in [2.75, 3.05) is 47.5 Å². The molecule has 0 radical (unpaired) electrons. The second-order valence-corrected chi connectivity index (χ2v) is 7.13. The van der Waals surface area contributed by atoms with E-state index in [1.165, 1.54) is 11.1 Å². The normalized spacial score (nSPS) is 14.1. The molecule has 1 heterocycles. The van der Waals surface area contributed by atoms with E-state index < -0.39 is 11.9 Å². The highest BCUT2D eigenvalue weighted by molar-refractivity contribution is 6.27. The minimum atomic E-state index is -1.82. The van der Waals surface area contributed by atoms with Crippen LogP contribution in [0.2, 0.25) is 0 Å². The molecule has 3 rings (SSSR count). The van der Waals surface area contributed by atoms with E-state index in [-0.39, 0.29) is 0 Å². The molecule has 0 bridgehead atoms. The Hall–Kier alpha value is -3.30. The molecule has 0 aromatic heterocycles. The van der Waals surface area contributed by atoms with Crippen LogP contribution in [0.25, 0.3) is 0 Å². The summed E-state index contributed by atoms with van der Waals surface area (Å²) in [4.78, 5) is 23.2. The highest BCUT2D eigenvalue weighted by Crippen LogP contribution is 2.31. The fraction of sp³-hybridized carbons (Fsp3) is 0.391. The van der Waals surface area contributed by atoms with Gasteiger partial charge in [0, 0.05) is 50.4 Å². The van der Waals surface area contributed by atoms with E-state index in [0.717, 1.165) is 56.5 Å². The number of rotatable bonds is 7. The first-order chi connectivity index (χ1) is 15.4. The van der Waals surface area contributed by atoms with Crippen LogP contribution in [0.15, 0.2) is 42.5 Å². The van der Waals surface area contributed by atoms with Crippen LogP contribution in [0.5, 0.6) is 17.2 Å². The van der Waals surface area contributed by atoms with Gasteiger partial charge in [0.15, 0.2) is 11.5 Å². The van der Waals surface area contributed by atoms with E-state index in [1.807, 2.05) is 24.3 Å². The Morgan fingerprint density at radius 3 is 1.69 bits per heavy atom. The maximum Gasteiger partial charge on any atom is 0.414 e. The van der Waals surface area contributed by atoms with Crippen LogP contribution in [-0.2, 0) is 22.7 Å². The summed E-state index contributed by atoms with van der Waals surface area (Å²) in [5.74, 6) is -1.05. The number of aliphatic carboxylic acids is 2. The number of methoxy groups -OCH3 is 3. The number of carboxylic acid groups (broad SMARTS) is 2. The van der Waals surface area contributed by atoms with Crippen LogP contribution in [0.1, 0.15) is 11.1 Å². The Labute approximate surface area is 187 Å². The number of ether oxygens (including phenoxy) is 3. The number of carbonyl (C=O) groups is 2. The van der Waals surface area contributed by atoms with E-state index in [1.54, 1.807) is 21.3 Å². The summed E-state index contributed by atoms with van der Waals surface area (Å²) in [6.07, 6.45) is 0. The number of hydrogen-bond acceptors (Lipinski definition) is 7. The third-order valence-electron chi connectivity index (χ3n) is 5.11. The first-order valence-electron chi connectivity index (χ1n) is 10.1. The zero-order valence-electron chi connectivity index (χ0n) is 18.6. The van der Waals surface area contributed by atoms with Gasteiger partial charge in [-0.25, -0.2) is 9.59 Å². The quantitative estimate of drug-likeness (QED) is 0.619. The molecular formula is C23H30N2O7. The Bertz CT molecular complexity index is 884. The topological polar surface area (TPSA) is 109 Å².